The highest BCUT2D eigenvalue weighted by Crippen LogP contribution is 2.67. The molecule has 3 fully saturated rings. The van der Waals surface area contributed by atoms with Gasteiger partial charge in [-0.3, -0.25) is 4.79 Å². The summed E-state index contributed by atoms with van der Waals surface area (Å²) in [4.78, 5) is 14.1. The van der Waals surface area contributed by atoms with Gasteiger partial charge in [0, 0.05) is 12.7 Å². The fourth-order valence-electron chi connectivity index (χ4n) is 3.27. The van der Waals surface area contributed by atoms with E-state index in [2.05, 4.69) is 0 Å². The number of aliphatic hydroxyl groups is 1. The summed E-state index contributed by atoms with van der Waals surface area (Å²) in [5.41, 5.74) is 1.32. The van der Waals surface area contributed by atoms with Gasteiger partial charge in [0.2, 0.25) is 5.91 Å². The molecular weight excluding hydrogens is 214 g/mol. The van der Waals surface area contributed by atoms with Crippen LogP contribution in [0.4, 0.5) is 5.69 Å². The van der Waals surface area contributed by atoms with Gasteiger partial charge in [0.05, 0.1) is 11.0 Å². The molecule has 0 heterocycles. The zero-order chi connectivity index (χ0) is 12.3. The van der Waals surface area contributed by atoms with E-state index in [1.54, 1.807) is 4.90 Å². The minimum Gasteiger partial charge on any atom is -0.390 e. The number of anilines is 1. The van der Waals surface area contributed by atoms with E-state index in [1.807, 2.05) is 38.2 Å². The molecule has 4 rings (SSSR count). The van der Waals surface area contributed by atoms with Gasteiger partial charge in [-0.25, -0.2) is 0 Å². The molecule has 1 N–H and O–H groups in total. The molecule has 17 heavy (non-hydrogen) atoms. The highest BCUT2D eigenvalue weighted by Gasteiger charge is 2.71. The molecule has 1 aromatic rings. The van der Waals surface area contributed by atoms with Crippen molar-refractivity contribution in [1.29, 1.82) is 0 Å². The summed E-state index contributed by atoms with van der Waals surface area (Å²) < 4.78 is 0. The van der Waals surface area contributed by atoms with Crippen molar-refractivity contribution in [3.63, 3.8) is 0 Å². The molecule has 0 unspecified atom stereocenters. The molecule has 3 heteroatoms. The first kappa shape index (κ1) is 10.8. The van der Waals surface area contributed by atoms with Crippen LogP contribution < -0.4 is 4.90 Å². The van der Waals surface area contributed by atoms with Gasteiger partial charge in [0.1, 0.15) is 0 Å². The Morgan fingerprint density at radius 3 is 2.53 bits per heavy atom. The minimum absolute atomic E-state index is 0.152. The van der Waals surface area contributed by atoms with Crippen molar-refractivity contribution in [1.82, 2.24) is 0 Å². The first-order chi connectivity index (χ1) is 7.94. The molecule has 0 aliphatic heterocycles. The molecule has 3 saturated carbocycles. The van der Waals surface area contributed by atoms with E-state index in [0.717, 1.165) is 11.3 Å². The third-order valence-electron chi connectivity index (χ3n) is 4.15. The summed E-state index contributed by atoms with van der Waals surface area (Å²) in [5, 5.41) is 9.72. The zero-order valence-corrected chi connectivity index (χ0v) is 10.2. The van der Waals surface area contributed by atoms with Crippen LogP contribution in [0.25, 0.3) is 0 Å². The van der Waals surface area contributed by atoms with Crippen LogP contribution in [-0.2, 0) is 4.79 Å². The second kappa shape index (κ2) is 3.10. The number of hydrogen-bond acceptors (Lipinski definition) is 2. The molecule has 3 aliphatic rings. The summed E-state index contributed by atoms with van der Waals surface area (Å²) >= 11 is 0. The largest absolute Gasteiger partial charge is 0.390 e. The maximum absolute atomic E-state index is 12.4. The molecule has 0 atom stereocenters. The van der Waals surface area contributed by atoms with Crippen molar-refractivity contribution in [3.05, 3.63) is 29.8 Å². The Labute approximate surface area is 101 Å². The molecule has 2 bridgehead atoms. The summed E-state index contributed by atoms with van der Waals surface area (Å²) in [5.74, 6) is 0.152. The second-order valence-electron chi connectivity index (χ2n) is 5.74. The van der Waals surface area contributed by atoms with Crippen LogP contribution in [0.2, 0.25) is 0 Å². The van der Waals surface area contributed by atoms with Crippen LogP contribution >= 0.6 is 0 Å². The van der Waals surface area contributed by atoms with E-state index >= 15 is 0 Å². The van der Waals surface area contributed by atoms with E-state index in [4.69, 9.17) is 0 Å². The average Bonchev–Trinajstić information content (AvgIpc) is 2.21. The van der Waals surface area contributed by atoms with Crippen molar-refractivity contribution >= 4 is 11.6 Å². The third kappa shape index (κ3) is 1.42. The van der Waals surface area contributed by atoms with Gasteiger partial charge in [0.15, 0.2) is 0 Å². The normalized spacial score (nSPS) is 33.6. The number of aryl methyl sites for hydroxylation is 1. The number of carbonyl (C=O) groups is 1. The van der Waals surface area contributed by atoms with E-state index in [0.29, 0.717) is 19.3 Å². The van der Waals surface area contributed by atoms with Gasteiger partial charge >= 0.3 is 0 Å². The number of amides is 1. The molecule has 3 aliphatic carbocycles. The number of nitrogens with zero attached hydrogens (tertiary/aromatic N) is 1. The lowest BCUT2D eigenvalue weighted by Gasteiger charge is -2.66. The fourth-order valence-corrected chi connectivity index (χ4v) is 3.27. The second-order valence-corrected chi connectivity index (χ2v) is 5.74. The predicted octanol–water partition coefficient (Wildman–Crippen LogP) is 1.87. The minimum atomic E-state index is -0.511. The van der Waals surface area contributed by atoms with Gasteiger partial charge in [-0.15, -0.1) is 0 Å². The molecule has 1 aromatic carbocycles. The molecule has 3 nitrogen and oxygen atoms in total. The Morgan fingerprint density at radius 1 is 1.35 bits per heavy atom. The lowest BCUT2D eigenvalue weighted by atomic mass is 9.41. The molecule has 90 valence electrons. The van der Waals surface area contributed by atoms with Crippen LogP contribution in [0, 0.1) is 12.3 Å². The van der Waals surface area contributed by atoms with E-state index in [1.165, 1.54) is 0 Å². The maximum atomic E-state index is 12.4. The van der Waals surface area contributed by atoms with Crippen LogP contribution in [0.3, 0.4) is 0 Å². The Morgan fingerprint density at radius 2 is 2.00 bits per heavy atom. The van der Waals surface area contributed by atoms with Crippen molar-refractivity contribution in [3.8, 4) is 0 Å². The lowest BCUT2D eigenvalue weighted by Crippen LogP contribution is -2.72. The zero-order valence-electron chi connectivity index (χ0n) is 10.2. The Balaban J connectivity index is 1.79. The van der Waals surface area contributed by atoms with Crippen LogP contribution in [-0.4, -0.2) is 23.7 Å². The lowest BCUT2D eigenvalue weighted by molar-refractivity contribution is -0.248. The van der Waals surface area contributed by atoms with Crippen molar-refractivity contribution in [2.75, 3.05) is 11.9 Å². The molecule has 1 amide bonds. The summed E-state index contributed by atoms with van der Waals surface area (Å²) in [6, 6.07) is 7.94. The van der Waals surface area contributed by atoms with Crippen LogP contribution in [0.15, 0.2) is 24.3 Å². The highest BCUT2D eigenvalue weighted by molar-refractivity contribution is 5.99. The summed E-state index contributed by atoms with van der Waals surface area (Å²) in [7, 11) is 1.82. The Kier molecular flexibility index (Phi) is 1.97. The summed E-state index contributed by atoms with van der Waals surface area (Å²) in [6.07, 6.45) is 1.94. The Bertz CT molecular complexity index is 475. The molecule has 0 saturated heterocycles. The number of carbonyl (C=O) groups excluding carboxylic acids is 1. The molecule has 0 aromatic heterocycles. The first-order valence-corrected chi connectivity index (χ1v) is 6.01. The van der Waals surface area contributed by atoms with Gasteiger partial charge in [-0.1, -0.05) is 12.1 Å². The average molecular weight is 231 g/mol. The quantitative estimate of drug-likeness (QED) is 0.844. The maximum Gasteiger partial charge on any atom is 0.233 e. The predicted molar refractivity (Wildman–Crippen MR) is 65.8 cm³/mol. The third-order valence-corrected chi connectivity index (χ3v) is 4.15. The van der Waals surface area contributed by atoms with E-state index < -0.39 is 5.60 Å². The SMILES string of the molecule is Cc1cccc(N(C)C(=O)C23CC(O)(C2)C3)c1. The number of hydrogen-bond donors (Lipinski definition) is 1. The van der Waals surface area contributed by atoms with Gasteiger partial charge in [-0.2, -0.15) is 0 Å². The topological polar surface area (TPSA) is 40.5 Å². The van der Waals surface area contributed by atoms with E-state index in [-0.39, 0.29) is 11.3 Å². The number of benzene rings is 1. The van der Waals surface area contributed by atoms with Gasteiger partial charge < -0.3 is 10.0 Å². The van der Waals surface area contributed by atoms with Crippen molar-refractivity contribution in [2.24, 2.45) is 5.41 Å². The first-order valence-electron chi connectivity index (χ1n) is 6.01. The van der Waals surface area contributed by atoms with Crippen molar-refractivity contribution < 1.29 is 9.90 Å². The highest BCUT2D eigenvalue weighted by atomic mass is 16.3. The molecular formula is C14H17NO2. The van der Waals surface area contributed by atoms with Gasteiger partial charge in [-0.05, 0) is 43.9 Å². The van der Waals surface area contributed by atoms with E-state index in [9.17, 15) is 9.90 Å². The standard InChI is InChI=1S/C14H17NO2/c1-10-4-3-5-11(6-10)15(2)12(16)13-7-14(17,8-13)9-13/h3-6,17H,7-9H2,1-2H3. The summed E-state index contributed by atoms with van der Waals surface area (Å²) in [6.45, 7) is 2.02. The smallest absolute Gasteiger partial charge is 0.233 e. The monoisotopic (exact) mass is 231 g/mol. The van der Waals surface area contributed by atoms with Crippen LogP contribution in [0.5, 0.6) is 0 Å². The van der Waals surface area contributed by atoms with Crippen molar-refractivity contribution in [2.45, 2.75) is 31.8 Å². The molecule has 0 radical (unpaired) electrons. The number of rotatable bonds is 2. The van der Waals surface area contributed by atoms with Crippen LogP contribution in [0.1, 0.15) is 24.8 Å². The fraction of sp³-hybridized carbons (Fsp3) is 0.500. The molecule has 0 spiro atoms. The Hall–Kier alpha value is -1.35. The van der Waals surface area contributed by atoms with Gasteiger partial charge in [0.25, 0.3) is 0 Å².